The number of nitrogens with zero attached hydrogens (tertiary/aromatic N) is 3. The normalized spacial score (nSPS) is 24.5. The molecule has 84 valence electrons. The summed E-state index contributed by atoms with van der Waals surface area (Å²) in [5, 5.41) is 9.09. The Bertz CT molecular complexity index is 440. The van der Waals surface area contributed by atoms with Crippen molar-refractivity contribution < 1.29 is 0 Å². The van der Waals surface area contributed by atoms with Crippen LogP contribution in [0.1, 0.15) is 18.9 Å². The average molecular weight is 281 g/mol. The van der Waals surface area contributed by atoms with Crippen LogP contribution in [0.25, 0.3) is 0 Å². The lowest BCUT2D eigenvalue weighted by atomic mass is 10.1. The third kappa shape index (κ3) is 1.91. The molecule has 1 aromatic heterocycles. The van der Waals surface area contributed by atoms with Crippen molar-refractivity contribution in [1.82, 2.24) is 4.98 Å². The van der Waals surface area contributed by atoms with Gasteiger partial charge in [-0.25, -0.2) is 4.98 Å². The fourth-order valence-electron chi connectivity index (χ4n) is 2.01. The second kappa shape index (κ2) is 4.40. The van der Waals surface area contributed by atoms with Gasteiger partial charge < -0.3 is 10.6 Å². The number of hydrogen-bond acceptors (Lipinski definition) is 4. The van der Waals surface area contributed by atoms with Crippen LogP contribution < -0.4 is 10.6 Å². The minimum absolute atomic E-state index is 0.164. The molecule has 16 heavy (non-hydrogen) atoms. The molecule has 0 spiro atoms. The molecule has 2 rings (SSSR count). The van der Waals surface area contributed by atoms with Crippen LogP contribution in [0.5, 0.6) is 0 Å². The molecular formula is C11H13BrN4. The van der Waals surface area contributed by atoms with Crippen molar-refractivity contribution in [3.05, 3.63) is 22.3 Å². The molecule has 1 aliphatic heterocycles. The molecule has 0 aliphatic carbocycles. The largest absolute Gasteiger partial charge is 0.351 e. The van der Waals surface area contributed by atoms with E-state index in [0.29, 0.717) is 5.56 Å². The van der Waals surface area contributed by atoms with Crippen LogP contribution in [-0.2, 0) is 0 Å². The summed E-state index contributed by atoms with van der Waals surface area (Å²) in [6, 6.07) is 4.36. The number of rotatable bonds is 1. The Morgan fingerprint density at radius 2 is 2.44 bits per heavy atom. The van der Waals surface area contributed by atoms with Crippen LogP contribution in [0, 0.1) is 11.3 Å². The van der Waals surface area contributed by atoms with Gasteiger partial charge in [0.2, 0.25) is 0 Å². The zero-order valence-corrected chi connectivity index (χ0v) is 10.6. The number of nitrogens with two attached hydrogens (primary N) is 1. The summed E-state index contributed by atoms with van der Waals surface area (Å²) in [5.41, 5.74) is 6.56. The maximum absolute atomic E-state index is 9.09. The van der Waals surface area contributed by atoms with Gasteiger partial charge in [-0.1, -0.05) is 0 Å². The van der Waals surface area contributed by atoms with E-state index in [4.69, 9.17) is 11.0 Å². The number of hydrogen-bond donors (Lipinski definition) is 1. The molecule has 2 heterocycles. The van der Waals surface area contributed by atoms with Crippen molar-refractivity contribution in [2.45, 2.75) is 25.4 Å². The van der Waals surface area contributed by atoms with Gasteiger partial charge in [-0.2, -0.15) is 5.26 Å². The highest BCUT2D eigenvalue weighted by atomic mass is 79.9. The summed E-state index contributed by atoms with van der Waals surface area (Å²) >= 11 is 3.32. The molecule has 5 heteroatoms. The molecule has 1 saturated heterocycles. The Morgan fingerprint density at radius 3 is 3.00 bits per heavy atom. The summed E-state index contributed by atoms with van der Waals surface area (Å²) in [5.74, 6) is 0.742. The number of anilines is 1. The Hall–Kier alpha value is -1.12. The van der Waals surface area contributed by atoms with E-state index in [2.05, 4.69) is 38.8 Å². The zero-order valence-electron chi connectivity index (χ0n) is 9.02. The Balaban J connectivity index is 2.38. The van der Waals surface area contributed by atoms with Crippen LogP contribution in [0.3, 0.4) is 0 Å². The number of nitriles is 1. The fourth-order valence-corrected chi connectivity index (χ4v) is 2.34. The van der Waals surface area contributed by atoms with Gasteiger partial charge in [-0.3, -0.25) is 0 Å². The quantitative estimate of drug-likeness (QED) is 0.849. The zero-order chi connectivity index (χ0) is 11.7. The smallest absolute Gasteiger partial charge is 0.146 e. The average Bonchev–Trinajstić information content (AvgIpc) is 2.60. The molecule has 0 amide bonds. The van der Waals surface area contributed by atoms with Crippen molar-refractivity contribution in [2.75, 3.05) is 11.4 Å². The van der Waals surface area contributed by atoms with Gasteiger partial charge in [0.1, 0.15) is 11.9 Å². The lowest BCUT2D eigenvalue weighted by molar-refractivity contribution is 0.621. The van der Waals surface area contributed by atoms with Crippen LogP contribution in [0.4, 0.5) is 5.82 Å². The molecule has 0 bridgehead atoms. The van der Waals surface area contributed by atoms with Crippen molar-refractivity contribution in [3.8, 4) is 6.07 Å². The van der Waals surface area contributed by atoms with Crippen molar-refractivity contribution >= 4 is 21.7 Å². The molecule has 2 atom stereocenters. The SMILES string of the molecule is CC1C(N)CCN1c1ncc(Br)cc1C#N. The summed E-state index contributed by atoms with van der Waals surface area (Å²) in [4.78, 5) is 6.42. The molecule has 2 unspecified atom stereocenters. The monoisotopic (exact) mass is 280 g/mol. The molecule has 0 saturated carbocycles. The van der Waals surface area contributed by atoms with E-state index in [0.717, 1.165) is 23.3 Å². The number of halogens is 1. The molecule has 0 radical (unpaired) electrons. The van der Waals surface area contributed by atoms with Gasteiger partial charge in [0.15, 0.2) is 0 Å². The Labute approximate surface area is 103 Å². The standard InChI is InChI=1S/C11H13BrN4/c1-7-10(14)2-3-16(7)11-8(5-13)4-9(12)6-15-11/h4,6-7,10H,2-3,14H2,1H3. The minimum atomic E-state index is 0.164. The van der Waals surface area contributed by atoms with Crippen molar-refractivity contribution in [1.29, 1.82) is 5.26 Å². The highest BCUT2D eigenvalue weighted by Crippen LogP contribution is 2.27. The van der Waals surface area contributed by atoms with Gasteiger partial charge in [-0.15, -0.1) is 0 Å². The first-order chi connectivity index (χ1) is 7.63. The Morgan fingerprint density at radius 1 is 1.69 bits per heavy atom. The summed E-state index contributed by atoms with van der Waals surface area (Å²) in [6.07, 6.45) is 2.66. The van der Waals surface area contributed by atoms with E-state index in [1.54, 1.807) is 12.3 Å². The fraction of sp³-hybridized carbons (Fsp3) is 0.455. The van der Waals surface area contributed by atoms with Crippen LogP contribution in [0.2, 0.25) is 0 Å². The molecule has 4 nitrogen and oxygen atoms in total. The van der Waals surface area contributed by atoms with E-state index in [9.17, 15) is 0 Å². The van der Waals surface area contributed by atoms with Crippen LogP contribution >= 0.6 is 15.9 Å². The number of pyridine rings is 1. The predicted octanol–water partition coefficient (Wildman–Crippen LogP) is 1.64. The molecule has 1 aromatic rings. The minimum Gasteiger partial charge on any atom is -0.351 e. The lowest BCUT2D eigenvalue weighted by Gasteiger charge is -2.25. The highest BCUT2D eigenvalue weighted by Gasteiger charge is 2.30. The predicted molar refractivity (Wildman–Crippen MR) is 66.1 cm³/mol. The first kappa shape index (κ1) is 11.4. The third-order valence-electron chi connectivity index (χ3n) is 3.04. The first-order valence-electron chi connectivity index (χ1n) is 5.21. The third-order valence-corrected chi connectivity index (χ3v) is 3.47. The lowest BCUT2D eigenvalue weighted by Crippen LogP contribution is -2.37. The Kier molecular flexibility index (Phi) is 3.13. The second-order valence-electron chi connectivity index (χ2n) is 4.02. The molecule has 2 N–H and O–H groups in total. The van der Waals surface area contributed by atoms with Gasteiger partial charge in [0.25, 0.3) is 0 Å². The molecule has 0 aromatic carbocycles. The van der Waals surface area contributed by atoms with E-state index in [-0.39, 0.29) is 12.1 Å². The van der Waals surface area contributed by atoms with E-state index in [1.807, 2.05) is 0 Å². The molecular weight excluding hydrogens is 268 g/mol. The highest BCUT2D eigenvalue weighted by molar-refractivity contribution is 9.10. The van der Waals surface area contributed by atoms with Crippen molar-refractivity contribution in [3.63, 3.8) is 0 Å². The summed E-state index contributed by atoms with van der Waals surface area (Å²) < 4.78 is 0.823. The number of aromatic nitrogens is 1. The van der Waals surface area contributed by atoms with Crippen LogP contribution in [0.15, 0.2) is 16.7 Å². The second-order valence-corrected chi connectivity index (χ2v) is 4.94. The van der Waals surface area contributed by atoms with Gasteiger partial charge in [-0.05, 0) is 35.3 Å². The summed E-state index contributed by atoms with van der Waals surface area (Å²) in [7, 11) is 0. The topological polar surface area (TPSA) is 65.9 Å². The maximum atomic E-state index is 9.09. The van der Waals surface area contributed by atoms with Crippen molar-refractivity contribution in [2.24, 2.45) is 5.73 Å². The van der Waals surface area contributed by atoms with E-state index in [1.165, 1.54) is 0 Å². The van der Waals surface area contributed by atoms with Gasteiger partial charge in [0.05, 0.1) is 5.56 Å². The van der Waals surface area contributed by atoms with Gasteiger partial charge in [0, 0.05) is 29.3 Å². The molecule has 1 aliphatic rings. The van der Waals surface area contributed by atoms with Gasteiger partial charge >= 0.3 is 0 Å². The molecule has 1 fully saturated rings. The van der Waals surface area contributed by atoms with E-state index < -0.39 is 0 Å². The maximum Gasteiger partial charge on any atom is 0.146 e. The first-order valence-corrected chi connectivity index (χ1v) is 6.00. The van der Waals surface area contributed by atoms with Crippen LogP contribution in [-0.4, -0.2) is 23.6 Å². The summed E-state index contributed by atoms with van der Waals surface area (Å²) in [6.45, 7) is 2.94. The van der Waals surface area contributed by atoms with E-state index >= 15 is 0 Å².